The summed E-state index contributed by atoms with van der Waals surface area (Å²) in [6.07, 6.45) is 2.46. The lowest BCUT2D eigenvalue weighted by atomic mass is 9.96. The van der Waals surface area contributed by atoms with Crippen molar-refractivity contribution >= 4 is 33.6 Å². The van der Waals surface area contributed by atoms with Crippen LogP contribution < -0.4 is 5.32 Å². The maximum atomic E-state index is 13.3. The molecule has 8 heteroatoms. The minimum Gasteiger partial charge on any atom is -0.349 e. The summed E-state index contributed by atoms with van der Waals surface area (Å²) in [6, 6.07) is 13.2. The number of nitrogens with zero attached hydrogens (tertiary/aromatic N) is 1. The molecule has 1 saturated heterocycles. The molecule has 1 heterocycles. The predicted molar refractivity (Wildman–Crippen MR) is 117 cm³/mol. The van der Waals surface area contributed by atoms with Crippen LogP contribution in [0.25, 0.3) is 6.08 Å². The molecule has 3 rings (SSSR count). The highest BCUT2D eigenvalue weighted by molar-refractivity contribution is 7.92. The molecule has 1 aliphatic rings. The first-order valence-electron chi connectivity index (χ1n) is 9.75. The highest BCUT2D eigenvalue weighted by Crippen LogP contribution is 2.24. The molecule has 0 spiro atoms. The van der Waals surface area contributed by atoms with Crippen LogP contribution in [0.3, 0.4) is 0 Å². The van der Waals surface area contributed by atoms with Gasteiger partial charge in [0.05, 0.1) is 11.1 Å². The van der Waals surface area contributed by atoms with Gasteiger partial charge in [-0.1, -0.05) is 48.0 Å². The van der Waals surface area contributed by atoms with E-state index in [-0.39, 0.29) is 36.0 Å². The summed E-state index contributed by atoms with van der Waals surface area (Å²) in [5.74, 6) is -0.915. The summed E-state index contributed by atoms with van der Waals surface area (Å²) in [5, 5.41) is 4.13. The lowest BCUT2D eigenvalue weighted by Crippen LogP contribution is -2.42. The van der Waals surface area contributed by atoms with Crippen LogP contribution >= 0.6 is 11.6 Å². The zero-order valence-electron chi connectivity index (χ0n) is 16.6. The first-order valence-corrected chi connectivity index (χ1v) is 11.6. The van der Waals surface area contributed by atoms with E-state index in [0.29, 0.717) is 18.4 Å². The number of hydrogen-bond donors (Lipinski definition) is 1. The number of carbonyl (C=O) groups excluding carboxylic acids is 1. The smallest absolute Gasteiger partial charge is 0.236 e. The lowest BCUT2D eigenvalue weighted by Gasteiger charge is -2.30. The van der Waals surface area contributed by atoms with E-state index >= 15 is 0 Å². The maximum Gasteiger partial charge on any atom is 0.236 e. The molecule has 2 aromatic carbocycles. The molecule has 0 aromatic heterocycles. The molecule has 1 unspecified atom stereocenters. The highest BCUT2D eigenvalue weighted by Gasteiger charge is 2.30. The van der Waals surface area contributed by atoms with Crippen LogP contribution in [0.15, 0.2) is 53.9 Å². The van der Waals surface area contributed by atoms with E-state index in [4.69, 9.17) is 11.6 Å². The average Bonchev–Trinajstić information content (AvgIpc) is 2.75. The molecule has 0 saturated carbocycles. The van der Waals surface area contributed by atoms with Gasteiger partial charge < -0.3 is 5.32 Å². The van der Waals surface area contributed by atoms with Crippen LogP contribution in [0.1, 0.15) is 36.9 Å². The lowest BCUT2D eigenvalue weighted by molar-refractivity contribution is -0.126. The third-order valence-electron chi connectivity index (χ3n) is 5.22. The third-order valence-corrected chi connectivity index (χ3v) is 7.07. The van der Waals surface area contributed by atoms with Crippen molar-refractivity contribution in [2.45, 2.75) is 25.8 Å². The zero-order valence-corrected chi connectivity index (χ0v) is 18.2. The second-order valence-corrected chi connectivity index (χ2v) is 9.56. The van der Waals surface area contributed by atoms with Crippen LogP contribution in [0.2, 0.25) is 5.02 Å². The number of rotatable bonds is 6. The van der Waals surface area contributed by atoms with Crippen LogP contribution in [-0.4, -0.2) is 31.7 Å². The number of nitrogens with one attached hydrogen (secondary N) is 1. The number of piperidine rings is 1. The summed E-state index contributed by atoms with van der Waals surface area (Å²) in [6.45, 7) is 2.38. The number of amides is 1. The van der Waals surface area contributed by atoms with Crippen LogP contribution in [0, 0.1) is 11.7 Å². The van der Waals surface area contributed by atoms with Crippen molar-refractivity contribution in [1.29, 1.82) is 0 Å². The van der Waals surface area contributed by atoms with Crippen LogP contribution in [-0.2, 0) is 14.8 Å². The van der Waals surface area contributed by atoms with Gasteiger partial charge in [-0.25, -0.2) is 12.8 Å². The van der Waals surface area contributed by atoms with E-state index in [0.717, 1.165) is 5.56 Å². The Kier molecular flexibility index (Phi) is 7.28. The summed E-state index contributed by atoms with van der Waals surface area (Å²) >= 11 is 5.81. The van der Waals surface area contributed by atoms with Crippen molar-refractivity contribution in [1.82, 2.24) is 9.62 Å². The Hall–Kier alpha value is -2.22. The van der Waals surface area contributed by atoms with Gasteiger partial charge in [-0.2, -0.15) is 4.31 Å². The molecule has 2 aromatic rings. The fourth-order valence-electron chi connectivity index (χ4n) is 3.38. The van der Waals surface area contributed by atoms with Crippen molar-refractivity contribution in [3.63, 3.8) is 0 Å². The molecule has 5 nitrogen and oxygen atoms in total. The van der Waals surface area contributed by atoms with Crippen LogP contribution in [0.5, 0.6) is 0 Å². The highest BCUT2D eigenvalue weighted by atomic mass is 35.5. The van der Waals surface area contributed by atoms with Crippen molar-refractivity contribution in [3.8, 4) is 0 Å². The monoisotopic (exact) mass is 450 g/mol. The van der Waals surface area contributed by atoms with Crippen molar-refractivity contribution in [3.05, 3.63) is 75.9 Å². The number of carbonyl (C=O) groups is 1. The number of hydrogen-bond acceptors (Lipinski definition) is 3. The Bertz CT molecular complexity index is 1020. The zero-order chi connectivity index (χ0) is 21.7. The molecule has 0 aliphatic carbocycles. The Morgan fingerprint density at radius 3 is 2.50 bits per heavy atom. The van der Waals surface area contributed by atoms with Gasteiger partial charge in [0.15, 0.2) is 0 Å². The fraction of sp³-hybridized carbons (Fsp3) is 0.318. The second kappa shape index (κ2) is 9.73. The summed E-state index contributed by atoms with van der Waals surface area (Å²) in [7, 11) is -3.53. The predicted octanol–water partition coefficient (Wildman–Crippen LogP) is 4.37. The normalized spacial score (nSPS) is 17.2. The van der Waals surface area contributed by atoms with Gasteiger partial charge in [0.2, 0.25) is 15.9 Å². The van der Waals surface area contributed by atoms with Gasteiger partial charge >= 0.3 is 0 Å². The Labute approximate surface area is 181 Å². The topological polar surface area (TPSA) is 66.5 Å². The van der Waals surface area contributed by atoms with Gasteiger partial charge in [0.25, 0.3) is 0 Å². The minimum absolute atomic E-state index is 0.00988. The molecule has 1 fully saturated rings. The molecular formula is C22H24ClFN2O3S. The number of halogens is 2. The SMILES string of the molecule is CC(NC(=O)C1CCN(S(=O)(=O)/C=C/c2ccccc2)CC1)c1ccc(F)c(Cl)c1. The maximum absolute atomic E-state index is 13.3. The van der Waals surface area contributed by atoms with E-state index in [1.54, 1.807) is 19.1 Å². The first kappa shape index (κ1) is 22.5. The van der Waals surface area contributed by atoms with Gasteiger partial charge in [-0.3, -0.25) is 4.79 Å². The van der Waals surface area contributed by atoms with E-state index < -0.39 is 15.8 Å². The number of sulfonamides is 1. The van der Waals surface area contributed by atoms with Gasteiger partial charge in [-0.15, -0.1) is 0 Å². The van der Waals surface area contributed by atoms with Gasteiger partial charge in [-0.05, 0) is 49.1 Å². The molecule has 0 bridgehead atoms. The number of benzene rings is 2. The van der Waals surface area contributed by atoms with Gasteiger partial charge in [0, 0.05) is 24.4 Å². The quantitative estimate of drug-likeness (QED) is 0.710. The Morgan fingerprint density at radius 1 is 1.20 bits per heavy atom. The fourth-order valence-corrected chi connectivity index (χ4v) is 4.79. The average molecular weight is 451 g/mol. The molecule has 1 N–H and O–H groups in total. The van der Waals surface area contributed by atoms with E-state index in [2.05, 4.69) is 5.32 Å². The largest absolute Gasteiger partial charge is 0.349 e. The Balaban J connectivity index is 1.54. The summed E-state index contributed by atoms with van der Waals surface area (Å²) in [5.41, 5.74) is 1.52. The van der Waals surface area contributed by atoms with Crippen molar-refractivity contribution in [2.75, 3.05) is 13.1 Å². The molecule has 1 aliphatic heterocycles. The molecule has 0 radical (unpaired) electrons. The molecule has 1 amide bonds. The Morgan fingerprint density at radius 2 is 1.87 bits per heavy atom. The minimum atomic E-state index is -3.53. The third kappa shape index (κ3) is 5.68. The molecule has 160 valence electrons. The summed E-state index contributed by atoms with van der Waals surface area (Å²) < 4.78 is 39.8. The second-order valence-electron chi connectivity index (χ2n) is 7.34. The summed E-state index contributed by atoms with van der Waals surface area (Å²) in [4.78, 5) is 12.6. The van der Waals surface area contributed by atoms with Gasteiger partial charge in [0.1, 0.15) is 5.82 Å². The van der Waals surface area contributed by atoms with Crippen molar-refractivity contribution in [2.24, 2.45) is 5.92 Å². The molecular weight excluding hydrogens is 427 g/mol. The van der Waals surface area contributed by atoms with E-state index in [1.165, 1.54) is 21.8 Å². The van der Waals surface area contributed by atoms with Crippen molar-refractivity contribution < 1.29 is 17.6 Å². The molecule has 30 heavy (non-hydrogen) atoms. The standard InChI is InChI=1S/C22H24ClFN2O3S/c1-16(19-7-8-21(24)20(23)15-19)25-22(27)18-9-12-26(13-10-18)30(28,29)14-11-17-5-3-2-4-6-17/h2-8,11,14-16,18H,9-10,12-13H2,1H3,(H,25,27)/b14-11+. The molecule has 1 atom stereocenters. The van der Waals surface area contributed by atoms with Crippen LogP contribution in [0.4, 0.5) is 4.39 Å². The first-order chi connectivity index (χ1) is 14.3. The van der Waals surface area contributed by atoms with E-state index in [9.17, 15) is 17.6 Å². The van der Waals surface area contributed by atoms with E-state index in [1.807, 2.05) is 30.3 Å².